The van der Waals surface area contributed by atoms with Crippen molar-refractivity contribution in [1.82, 2.24) is 19.5 Å². The lowest BCUT2D eigenvalue weighted by atomic mass is 9.83. The Morgan fingerprint density at radius 2 is 2.17 bits per heavy atom. The fourth-order valence-electron chi connectivity index (χ4n) is 3.36. The fraction of sp³-hybridized carbons (Fsp3) is 0.643. The summed E-state index contributed by atoms with van der Waals surface area (Å²) in [6.45, 7) is 1.83. The standard InChI is InChI=1S/C14H21N5O3S/c1-14(3-4-20)5-7(9(21)10(14)22)19-6-16-8-11(15)17-13(23-2)18-12(8)19/h6-7,9-10,20-22H,3-5H2,1-2H3,(H2,15,17,18)/t7?,9-,10-,14-/m0/s1. The van der Waals surface area contributed by atoms with Gasteiger partial charge in [-0.1, -0.05) is 18.7 Å². The van der Waals surface area contributed by atoms with E-state index >= 15 is 0 Å². The summed E-state index contributed by atoms with van der Waals surface area (Å²) in [5, 5.41) is 30.6. The molecule has 2 aromatic heterocycles. The Labute approximate surface area is 137 Å². The van der Waals surface area contributed by atoms with E-state index in [4.69, 9.17) is 5.73 Å². The summed E-state index contributed by atoms with van der Waals surface area (Å²) in [4.78, 5) is 12.9. The second-order valence-corrected chi connectivity index (χ2v) is 7.03. The molecule has 23 heavy (non-hydrogen) atoms. The number of aliphatic hydroxyl groups excluding tert-OH is 3. The average molecular weight is 339 g/mol. The average Bonchev–Trinajstić information content (AvgIpc) is 3.03. The highest BCUT2D eigenvalue weighted by Crippen LogP contribution is 2.47. The highest BCUT2D eigenvalue weighted by atomic mass is 32.2. The maximum absolute atomic E-state index is 10.5. The van der Waals surface area contributed by atoms with Crippen LogP contribution in [0.2, 0.25) is 0 Å². The molecule has 1 saturated carbocycles. The molecule has 1 aliphatic rings. The van der Waals surface area contributed by atoms with E-state index in [9.17, 15) is 15.3 Å². The van der Waals surface area contributed by atoms with E-state index in [2.05, 4.69) is 15.0 Å². The van der Waals surface area contributed by atoms with Crippen molar-refractivity contribution in [2.24, 2.45) is 5.41 Å². The van der Waals surface area contributed by atoms with Crippen molar-refractivity contribution in [2.45, 2.75) is 43.2 Å². The van der Waals surface area contributed by atoms with Gasteiger partial charge in [-0.2, -0.15) is 0 Å². The molecule has 1 unspecified atom stereocenters. The first-order valence-electron chi connectivity index (χ1n) is 7.42. The summed E-state index contributed by atoms with van der Waals surface area (Å²) in [5.74, 6) is 0.296. The van der Waals surface area contributed by atoms with Crippen molar-refractivity contribution in [2.75, 3.05) is 18.6 Å². The second kappa shape index (κ2) is 5.90. The molecule has 126 valence electrons. The zero-order valence-corrected chi connectivity index (χ0v) is 13.9. The molecule has 1 fully saturated rings. The van der Waals surface area contributed by atoms with Crippen LogP contribution < -0.4 is 5.73 Å². The van der Waals surface area contributed by atoms with Gasteiger partial charge < -0.3 is 25.6 Å². The number of imidazole rings is 1. The maximum Gasteiger partial charge on any atom is 0.191 e. The van der Waals surface area contributed by atoms with Gasteiger partial charge in [-0.25, -0.2) is 15.0 Å². The molecule has 0 bridgehead atoms. The van der Waals surface area contributed by atoms with Crippen molar-refractivity contribution in [3.63, 3.8) is 0 Å². The predicted octanol–water partition coefficient (Wildman–Crippen LogP) is 0.186. The normalized spacial score (nSPS) is 31.1. The topological polar surface area (TPSA) is 130 Å². The minimum atomic E-state index is -0.960. The molecule has 8 nitrogen and oxygen atoms in total. The molecule has 1 aliphatic carbocycles. The van der Waals surface area contributed by atoms with Crippen molar-refractivity contribution >= 4 is 28.7 Å². The predicted molar refractivity (Wildman–Crippen MR) is 87.0 cm³/mol. The summed E-state index contributed by atoms with van der Waals surface area (Å²) in [7, 11) is 0. The number of aromatic nitrogens is 4. The summed E-state index contributed by atoms with van der Waals surface area (Å²) < 4.78 is 1.75. The minimum Gasteiger partial charge on any atom is -0.396 e. The Morgan fingerprint density at radius 1 is 1.43 bits per heavy atom. The monoisotopic (exact) mass is 339 g/mol. The molecule has 2 heterocycles. The molecule has 2 aromatic rings. The Kier molecular flexibility index (Phi) is 4.21. The number of nitrogen functional groups attached to an aromatic ring is 1. The molecular weight excluding hydrogens is 318 g/mol. The van der Waals surface area contributed by atoms with E-state index in [1.165, 1.54) is 11.8 Å². The third kappa shape index (κ3) is 2.57. The van der Waals surface area contributed by atoms with Gasteiger partial charge in [0.1, 0.15) is 11.6 Å². The van der Waals surface area contributed by atoms with E-state index in [0.717, 1.165) is 0 Å². The summed E-state index contributed by atoms with van der Waals surface area (Å²) in [6.07, 6.45) is 2.48. The Hall–Kier alpha value is -1.42. The Morgan fingerprint density at radius 3 is 2.83 bits per heavy atom. The van der Waals surface area contributed by atoms with Gasteiger partial charge in [0.05, 0.1) is 18.5 Å². The second-order valence-electron chi connectivity index (χ2n) is 6.25. The Bertz CT molecular complexity index is 724. The lowest BCUT2D eigenvalue weighted by molar-refractivity contribution is -0.0288. The van der Waals surface area contributed by atoms with E-state index in [-0.39, 0.29) is 12.6 Å². The third-order valence-electron chi connectivity index (χ3n) is 4.76. The van der Waals surface area contributed by atoms with E-state index in [0.29, 0.717) is 35.0 Å². The summed E-state index contributed by atoms with van der Waals surface area (Å²) in [6, 6.07) is -0.379. The molecule has 4 atom stereocenters. The molecule has 0 aliphatic heterocycles. The number of fused-ring (bicyclic) bond motifs is 1. The molecule has 0 spiro atoms. The van der Waals surface area contributed by atoms with Crippen LogP contribution in [0.1, 0.15) is 25.8 Å². The van der Waals surface area contributed by atoms with Gasteiger partial charge in [-0.15, -0.1) is 0 Å². The highest BCUT2D eigenvalue weighted by Gasteiger charge is 2.50. The maximum atomic E-state index is 10.5. The number of hydrogen-bond acceptors (Lipinski definition) is 8. The van der Waals surface area contributed by atoms with Crippen LogP contribution in [0, 0.1) is 5.41 Å². The quantitative estimate of drug-likeness (QED) is 0.458. The van der Waals surface area contributed by atoms with Gasteiger partial charge in [0.2, 0.25) is 0 Å². The first-order chi connectivity index (χ1) is 10.9. The molecule has 0 saturated heterocycles. The summed E-state index contributed by atoms with van der Waals surface area (Å²) >= 11 is 1.37. The lowest BCUT2D eigenvalue weighted by Crippen LogP contribution is -2.35. The number of nitrogens with zero attached hydrogens (tertiary/aromatic N) is 4. The molecule has 0 aromatic carbocycles. The molecule has 0 radical (unpaired) electrons. The Balaban J connectivity index is 2.05. The smallest absolute Gasteiger partial charge is 0.191 e. The molecular formula is C14H21N5O3S. The first kappa shape index (κ1) is 16.4. The van der Waals surface area contributed by atoms with Crippen LogP contribution in [0.3, 0.4) is 0 Å². The number of aliphatic hydroxyl groups is 3. The third-order valence-corrected chi connectivity index (χ3v) is 5.31. The molecule has 0 amide bonds. The van der Waals surface area contributed by atoms with E-state index < -0.39 is 17.6 Å². The van der Waals surface area contributed by atoms with Crippen molar-refractivity contribution in [1.29, 1.82) is 0 Å². The molecule has 3 rings (SSSR count). The van der Waals surface area contributed by atoms with Crippen LogP contribution in [0.15, 0.2) is 11.5 Å². The number of rotatable bonds is 4. The lowest BCUT2D eigenvalue weighted by Gasteiger charge is -2.27. The summed E-state index contributed by atoms with van der Waals surface area (Å²) in [5.41, 5.74) is 6.40. The molecule has 5 N–H and O–H groups in total. The van der Waals surface area contributed by atoms with E-state index in [1.54, 1.807) is 10.9 Å². The zero-order chi connectivity index (χ0) is 16.8. The molecule has 9 heteroatoms. The van der Waals surface area contributed by atoms with Crippen LogP contribution in [0.25, 0.3) is 11.2 Å². The van der Waals surface area contributed by atoms with Crippen molar-refractivity contribution in [3.05, 3.63) is 6.33 Å². The van der Waals surface area contributed by atoms with Crippen LogP contribution in [-0.4, -0.2) is 59.9 Å². The van der Waals surface area contributed by atoms with Crippen LogP contribution in [0.5, 0.6) is 0 Å². The van der Waals surface area contributed by atoms with Gasteiger partial charge in [-0.3, -0.25) is 0 Å². The van der Waals surface area contributed by atoms with Gasteiger partial charge in [0, 0.05) is 12.0 Å². The SMILES string of the molecule is CSc1nc(N)c2ncn(C3C[C@](C)(CCO)[C@@H](O)[C@H]3O)c2n1. The fourth-order valence-corrected chi connectivity index (χ4v) is 3.73. The highest BCUT2D eigenvalue weighted by molar-refractivity contribution is 7.98. The van der Waals surface area contributed by atoms with Gasteiger partial charge in [0.25, 0.3) is 0 Å². The van der Waals surface area contributed by atoms with E-state index in [1.807, 2.05) is 13.2 Å². The zero-order valence-electron chi connectivity index (χ0n) is 13.0. The number of thioether (sulfide) groups is 1. The van der Waals surface area contributed by atoms with Gasteiger partial charge >= 0.3 is 0 Å². The minimum absolute atomic E-state index is 0.0383. The van der Waals surface area contributed by atoms with Crippen molar-refractivity contribution < 1.29 is 15.3 Å². The van der Waals surface area contributed by atoms with Gasteiger partial charge in [-0.05, 0) is 19.1 Å². The van der Waals surface area contributed by atoms with Crippen LogP contribution in [0.4, 0.5) is 5.82 Å². The number of anilines is 1. The number of hydrogen-bond donors (Lipinski definition) is 4. The largest absolute Gasteiger partial charge is 0.396 e. The number of nitrogens with two attached hydrogens (primary N) is 1. The first-order valence-corrected chi connectivity index (χ1v) is 8.65. The van der Waals surface area contributed by atoms with Gasteiger partial charge in [0.15, 0.2) is 16.6 Å². The van der Waals surface area contributed by atoms with Crippen molar-refractivity contribution in [3.8, 4) is 0 Å². The van der Waals surface area contributed by atoms with Crippen LogP contribution >= 0.6 is 11.8 Å². The van der Waals surface area contributed by atoms with Crippen LogP contribution in [-0.2, 0) is 0 Å².